The van der Waals surface area contributed by atoms with Gasteiger partial charge in [-0.15, -0.1) is 23.1 Å². The summed E-state index contributed by atoms with van der Waals surface area (Å²) in [4.78, 5) is 68.0. The Kier molecular flexibility index (Phi) is 11.8. The van der Waals surface area contributed by atoms with Crippen LogP contribution in [0.4, 0.5) is 15.1 Å². The first-order valence-electron chi connectivity index (χ1n) is 15.8. The fourth-order valence-corrected chi connectivity index (χ4v) is 7.35. The third kappa shape index (κ3) is 9.04. The molecule has 1 aromatic heterocycles. The smallest absolute Gasteiger partial charge is 0.341 e. The van der Waals surface area contributed by atoms with Crippen LogP contribution in [0.1, 0.15) is 57.5 Å². The quantitative estimate of drug-likeness (QED) is 0.0918. The minimum atomic E-state index is -0.608. The van der Waals surface area contributed by atoms with Crippen LogP contribution in [0.25, 0.3) is 6.08 Å². The largest absolute Gasteiger partial charge is 0.462 e. The molecule has 0 spiro atoms. The number of nitrogens with zero attached hydrogens (tertiary/aromatic N) is 1. The number of ether oxygens (including phenoxy) is 1. The summed E-state index contributed by atoms with van der Waals surface area (Å²) in [5, 5.41) is 8.13. The van der Waals surface area contributed by atoms with Crippen LogP contribution in [-0.4, -0.2) is 52.9 Å². The second kappa shape index (κ2) is 16.4. The first-order chi connectivity index (χ1) is 24.0. The minimum absolute atomic E-state index is 0.0567. The highest BCUT2D eigenvalue weighted by atomic mass is 32.2. The number of halogens is 1. The summed E-state index contributed by atoms with van der Waals surface area (Å²) in [6.45, 7) is 5.95. The van der Waals surface area contributed by atoms with E-state index in [4.69, 9.17) is 4.74 Å². The zero-order chi connectivity index (χ0) is 35.8. The number of fused-ring (bicyclic) bond motifs is 1. The Bertz CT molecular complexity index is 1940. The zero-order valence-electron chi connectivity index (χ0n) is 27.6. The van der Waals surface area contributed by atoms with Gasteiger partial charge in [-0.2, -0.15) is 0 Å². The van der Waals surface area contributed by atoms with Gasteiger partial charge in [0, 0.05) is 34.5 Å². The average molecular weight is 715 g/mol. The Morgan fingerprint density at radius 2 is 1.74 bits per heavy atom. The Morgan fingerprint density at radius 3 is 2.44 bits per heavy atom. The number of carbonyl (C=O) groups is 5. The first-order valence-corrected chi connectivity index (χ1v) is 17.5. The molecule has 0 saturated carbocycles. The van der Waals surface area contributed by atoms with Crippen LogP contribution in [0.3, 0.4) is 0 Å². The van der Waals surface area contributed by atoms with Crippen molar-refractivity contribution in [1.29, 1.82) is 0 Å². The van der Waals surface area contributed by atoms with Crippen LogP contribution < -0.4 is 16.0 Å². The van der Waals surface area contributed by atoms with Gasteiger partial charge in [0.1, 0.15) is 16.5 Å². The summed E-state index contributed by atoms with van der Waals surface area (Å²) in [7, 11) is 0. The molecule has 3 aromatic carbocycles. The molecule has 0 aliphatic carbocycles. The van der Waals surface area contributed by atoms with Gasteiger partial charge in [-0.25, -0.2) is 9.18 Å². The number of hydrogen-bond donors (Lipinski definition) is 3. The summed E-state index contributed by atoms with van der Waals surface area (Å²) in [6, 6.07) is 20.8. The molecule has 4 aromatic rings. The number of rotatable bonds is 11. The topological polar surface area (TPSA) is 134 Å². The van der Waals surface area contributed by atoms with E-state index < -0.39 is 28.9 Å². The third-order valence-electron chi connectivity index (χ3n) is 7.70. The zero-order valence-corrected chi connectivity index (χ0v) is 29.2. The number of thiophene rings is 1. The van der Waals surface area contributed by atoms with Crippen LogP contribution in [0, 0.1) is 5.82 Å². The lowest BCUT2D eigenvalue weighted by atomic mass is 10.0. The number of esters is 1. The minimum Gasteiger partial charge on any atom is -0.462 e. The van der Waals surface area contributed by atoms with Crippen molar-refractivity contribution in [2.24, 2.45) is 0 Å². The number of amides is 4. The maximum absolute atomic E-state index is 13.5. The standard InChI is InChI=1S/C37H35FN4O6S2/c1-4-48-37(47)32-29-17-18-42(23(3)43)21-31(29)50-36(32)41-33(44)22(2)49-28-12-8-11-27(20-28)39-35(46)30(19-24-13-15-26(38)16-14-24)40-34(45)25-9-6-5-7-10-25/h5-16,19-20,22H,4,17-18,21H2,1-3H3,(H,39,46)(H,40,45)(H,41,44)/b30-19-. The second-order valence-corrected chi connectivity index (χ2v) is 13.8. The number of anilines is 2. The predicted octanol–water partition coefficient (Wildman–Crippen LogP) is 6.50. The number of carbonyl (C=O) groups excluding carboxylic acids is 5. The maximum atomic E-state index is 13.5. The highest BCUT2D eigenvalue weighted by molar-refractivity contribution is 8.00. The van der Waals surface area contributed by atoms with Crippen molar-refractivity contribution >= 4 is 69.5 Å². The second-order valence-electron chi connectivity index (χ2n) is 11.3. The van der Waals surface area contributed by atoms with Crippen molar-refractivity contribution in [3.8, 4) is 0 Å². The maximum Gasteiger partial charge on any atom is 0.341 e. The van der Waals surface area contributed by atoms with Gasteiger partial charge in [-0.1, -0.05) is 36.4 Å². The Hall–Kier alpha value is -5.27. The SMILES string of the molecule is CCOC(=O)c1c(NC(=O)C(C)Sc2cccc(NC(=O)/C(=C/c3ccc(F)cc3)NC(=O)c3ccccc3)c2)sc2c1CCN(C(C)=O)C2. The van der Waals surface area contributed by atoms with Crippen LogP contribution in [0.15, 0.2) is 89.5 Å². The van der Waals surface area contributed by atoms with Gasteiger partial charge in [0.25, 0.3) is 11.8 Å². The molecule has 5 rings (SSSR count). The molecule has 0 fully saturated rings. The van der Waals surface area contributed by atoms with Crippen molar-refractivity contribution < 1.29 is 33.1 Å². The molecular formula is C37H35FN4O6S2. The first kappa shape index (κ1) is 36.0. The highest BCUT2D eigenvalue weighted by Crippen LogP contribution is 2.38. The molecule has 4 amide bonds. The van der Waals surface area contributed by atoms with Gasteiger partial charge in [0.2, 0.25) is 11.8 Å². The lowest BCUT2D eigenvalue weighted by Gasteiger charge is -2.25. The highest BCUT2D eigenvalue weighted by Gasteiger charge is 2.31. The molecule has 50 heavy (non-hydrogen) atoms. The van der Waals surface area contributed by atoms with Gasteiger partial charge in [0.15, 0.2) is 0 Å². The van der Waals surface area contributed by atoms with Crippen LogP contribution >= 0.6 is 23.1 Å². The molecule has 0 bridgehead atoms. The van der Waals surface area contributed by atoms with Crippen molar-refractivity contribution in [2.75, 3.05) is 23.8 Å². The van der Waals surface area contributed by atoms with E-state index in [1.54, 1.807) is 73.3 Å². The van der Waals surface area contributed by atoms with E-state index in [1.165, 1.54) is 60.4 Å². The lowest BCUT2D eigenvalue weighted by Crippen LogP contribution is -2.34. The van der Waals surface area contributed by atoms with Crippen molar-refractivity contribution in [1.82, 2.24) is 10.2 Å². The average Bonchev–Trinajstić information content (AvgIpc) is 3.46. The number of thioether (sulfide) groups is 1. The summed E-state index contributed by atoms with van der Waals surface area (Å²) in [6.07, 6.45) is 1.93. The predicted molar refractivity (Wildman–Crippen MR) is 192 cm³/mol. The molecule has 258 valence electrons. The monoisotopic (exact) mass is 714 g/mol. The van der Waals surface area contributed by atoms with E-state index in [1.807, 2.05) is 0 Å². The fourth-order valence-electron chi connectivity index (χ4n) is 5.16. The Balaban J connectivity index is 1.30. The fraction of sp³-hybridized carbons (Fsp3) is 0.216. The molecule has 1 atom stereocenters. The van der Waals surface area contributed by atoms with Crippen LogP contribution in [0.5, 0.6) is 0 Å². The van der Waals surface area contributed by atoms with E-state index in [0.717, 1.165) is 10.4 Å². The molecule has 0 saturated heterocycles. The van der Waals surface area contributed by atoms with Gasteiger partial charge in [0.05, 0.1) is 24.0 Å². The van der Waals surface area contributed by atoms with Gasteiger partial charge >= 0.3 is 5.97 Å². The molecule has 1 aliphatic rings. The Morgan fingerprint density at radius 1 is 1.00 bits per heavy atom. The molecular weight excluding hydrogens is 680 g/mol. The Labute approximate surface area is 297 Å². The summed E-state index contributed by atoms with van der Waals surface area (Å²) >= 11 is 2.52. The molecule has 10 nitrogen and oxygen atoms in total. The van der Waals surface area contributed by atoms with Crippen LogP contribution in [-0.2, 0) is 32.1 Å². The number of hydrogen-bond acceptors (Lipinski definition) is 8. The molecule has 1 aliphatic heterocycles. The number of benzene rings is 3. The normalized spacial score (nSPS) is 13.1. The molecule has 3 N–H and O–H groups in total. The molecule has 13 heteroatoms. The van der Waals surface area contributed by atoms with Gasteiger partial charge < -0.3 is 25.6 Å². The van der Waals surface area contributed by atoms with E-state index in [9.17, 15) is 28.4 Å². The summed E-state index contributed by atoms with van der Waals surface area (Å²) in [5.41, 5.74) is 2.33. The summed E-state index contributed by atoms with van der Waals surface area (Å²) < 4.78 is 18.8. The van der Waals surface area contributed by atoms with E-state index in [0.29, 0.717) is 51.8 Å². The van der Waals surface area contributed by atoms with Crippen molar-refractivity contribution in [2.45, 2.75) is 43.9 Å². The van der Waals surface area contributed by atoms with Crippen molar-refractivity contribution in [3.05, 3.63) is 118 Å². The van der Waals surface area contributed by atoms with E-state index >= 15 is 0 Å². The third-order valence-corrected chi connectivity index (χ3v) is 9.93. The summed E-state index contributed by atoms with van der Waals surface area (Å²) in [5.74, 6) is -2.46. The van der Waals surface area contributed by atoms with Gasteiger partial charge in [-0.3, -0.25) is 19.2 Å². The number of nitrogens with one attached hydrogen (secondary N) is 3. The molecule has 2 heterocycles. The van der Waals surface area contributed by atoms with Crippen molar-refractivity contribution in [3.63, 3.8) is 0 Å². The molecule has 0 radical (unpaired) electrons. The lowest BCUT2D eigenvalue weighted by molar-refractivity contribution is -0.129. The van der Waals surface area contributed by atoms with Gasteiger partial charge in [-0.05, 0) is 79.9 Å². The molecule has 1 unspecified atom stereocenters. The van der Waals surface area contributed by atoms with Crippen LogP contribution in [0.2, 0.25) is 0 Å². The van der Waals surface area contributed by atoms with E-state index in [2.05, 4.69) is 16.0 Å². The van der Waals surface area contributed by atoms with E-state index in [-0.39, 0.29) is 24.1 Å².